The van der Waals surface area contributed by atoms with Crippen LogP contribution in [0.5, 0.6) is 0 Å². The first-order valence-corrected chi connectivity index (χ1v) is 11.9. The molecule has 0 saturated carbocycles. The topological polar surface area (TPSA) is 59.0 Å². The Morgan fingerprint density at radius 1 is 0.879 bits per heavy atom. The molecule has 5 rings (SSSR count). The molecule has 33 heavy (non-hydrogen) atoms. The molecule has 0 N–H and O–H groups in total. The molecule has 5 aromatic rings. The van der Waals surface area contributed by atoms with Crippen LogP contribution in [0.3, 0.4) is 0 Å². The van der Waals surface area contributed by atoms with Gasteiger partial charge in [0.2, 0.25) is 5.91 Å². The molecule has 0 aliphatic carbocycles. The van der Waals surface area contributed by atoms with Crippen LogP contribution in [-0.2, 0) is 4.79 Å². The van der Waals surface area contributed by atoms with Gasteiger partial charge in [0.1, 0.15) is 33.1 Å². The number of carbonyl (C=O) groups excluding carboxylic acids is 1. The minimum absolute atomic E-state index is 0.0626. The molecule has 0 aliphatic rings. The zero-order valence-electron chi connectivity index (χ0n) is 17.3. The van der Waals surface area contributed by atoms with Gasteiger partial charge in [0, 0.05) is 16.9 Å². The summed E-state index contributed by atoms with van der Waals surface area (Å²) in [6.07, 6.45) is 1.47. The van der Waals surface area contributed by atoms with Gasteiger partial charge in [-0.25, -0.2) is 14.4 Å². The molecule has 0 fully saturated rings. The first kappa shape index (κ1) is 21.2. The van der Waals surface area contributed by atoms with Crippen LogP contribution in [0.4, 0.5) is 15.8 Å². The highest BCUT2D eigenvalue weighted by Crippen LogP contribution is 2.35. The molecule has 0 atom stereocenters. The molecule has 2 heterocycles. The van der Waals surface area contributed by atoms with Crippen LogP contribution in [0.15, 0.2) is 96.3 Å². The maximum atomic E-state index is 13.3. The molecule has 0 unspecified atom stereocenters. The Kier molecular flexibility index (Phi) is 6.10. The van der Waals surface area contributed by atoms with E-state index in [2.05, 4.69) is 14.3 Å². The van der Waals surface area contributed by atoms with Gasteiger partial charge in [-0.2, -0.15) is 4.37 Å². The molecule has 0 radical (unpaired) electrons. The van der Waals surface area contributed by atoms with Crippen molar-refractivity contribution in [3.8, 4) is 11.3 Å². The van der Waals surface area contributed by atoms with Crippen LogP contribution in [0, 0.1) is 5.82 Å². The maximum Gasteiger partial charge on any atom is 0.241 e. The van der Waals surface area contributed by atoms with E-state index in [-0.39, 0.29) is 17.5 Å². The van der Waals surface area contributed by atoms with Crippen LogP contribution in [-0.4, -0.2) is 26.0 Å². The SMILES string of the molecule is O=C(CSc1ncnc2c(-c3ccc(F)cc3)nsc12)N(c1ccccc1)c1ccccc1. The normalized spacial score (nSPS) is 10.9. The van der Waals surface area contributed by atoms with Gasteiger partial charge in [-0.3, -0.25) is 9.69 Å². The number of aromatic nitrogens is 3. The Bertz CT molecular complexity index is 1350. The van der Waals surface area contributed by atoms with E-state index in [0.29, 0.717) is 16.2 Å². The van der Waals surface area contributed by atoms with E-state index < -0.39 is 0 Å². The molecule has 0 spiro atoms. The lowest BCUT2D eigenvalue weighted by molar-refractivity contribution is -0.115. The molecular weight excluding hydrogens is 455 g/mol. The Labute approximate surface area is 198 Å². The second-order valence-corrected chi connectivity index (χ2v) is 8.82. The van der Waals surface area contributed by atoms with Gasteiger partial charge < -0.3 is 0 Å². The van der Waals surface area contributed by atoms with Gasteiger partial charge in [-0.05, 0) is 60.1 Å². The number of carbonyl (C=O) groups is 1. The van der Waals surface area contributed by atoms with Crippen molar-refractivity contribution in [2.45, 2.75) is 5.03 Å². The van der Waals surface area contributed by atoms with E-state index in [1.165, 1.54) is 41.8 Å². The van der Waals surface area contributed by atoms with E-state index in [4.69, 9.17) is 0 Å². The third kappa shape index (κ3) is 4.48. The maximum absolute atomic E-state index is 13.3. The fourth-order valence-electron chi connectivity index (χ4n) is 3.43. The van der Waals surface area contributed by atoms with Crippen molar-refractivity contribution in [1.82, 2.24) is 14.3 Å². The van der Waals surface area contributed by atoms with Crippen LogP contribution >= 0.6 is 23.3 Å². The fraction of sp³-hybridized carbons (Fsp3) is 0.0400. The number of fused-ring (bicyclic) bond motifs is 1. The highest BCUT2D eigenvalue weighted by molar-refractivity contribution is 8.00. The van der Waals surface area contributed by atoms with Crippen molar-refractivity contribution >= 4 is 50.8 Å². The first-order valence-electron chi connectivity index (χ1n) is 10.1. The van der Waals surface area contributed by atoms with Crippen LogP contribution in [0.2, 0.25) is 0 Å². The van der Waals surface area contributed by atoms with Gasteiger partial charge in [0.25, 0.3) is 0 Å². The van der Waals surface area contributed by atoms with E-state index in [1.807, 2.05) is 60.7 Å². The molecule has 1 amide bonds. The average Bonchev–Trinajstić information content (AvgIpc) is 3.30. The number of hydrogen-bond acceptors (Lipinski definition) is 6. The van der Waals surface area contributed by atoms with E-state index in [0.717, 1.165) is 21.6 Å². The van der Waals surface area contributed by atoms with Crippen molar-refractivity contribution in [2.24, 2.45) is 0 Å². The summed E-state index contributed by atoms with van der Waals surface area (Å²) in [5, 5.41) is 0.695. The van der Waals surface area contributed by atoms with Crippen LogP contribution < -0.4 is 4.90 Å². The lowest BCUT2D eigenvalue weighted by Gasteiger charge is -2.22. The Morgan fingerprint density at radius 2 is 1.52 bits per heavy atom. The summed E-state index contributed by atoms with van der Waals surface area (Å²) in [5.74, 6) is -0.170. The largest absolute Gasteiger partial charge is 0.280 e. The summed E-state index contributed by atoms with van der Waals surface area (Å²) >= 11 is 2.63. The minimum atomic E-state index is -0.302. The zero-order chi connectivity index (χ0) is 22.6. The second-order valence-electron chi connectivity index (χ2n) is 7.08. The molecule has 162 valence electrons. The number of amides is 1. The number of nitrogens with zero attached hydrogens (tertiary/aromatic N) is 4. The molecule has 5 nitrogen and oxygen atoms in total. The fourth-order valence-corrected chi connectivity index (χ4v) is 5.20. The molecule has 0 bridgehead atoms. The number of para-hydroxylation sites is 2. The number of thioether (sulfide) groups is 1. The molecule has 0 saturated heterocycles. The van der Waals surface area contributed by atoms with Crippen molar-refractivity contribution in [2.75, 3.05) is 10.7 Å². The molecule has 8 heteroatoms. The van der Waals surface area contributed by atoms with Crippen molar-refractivity contribution in [3.63, 3.8) is 0 Å². The quantitative estimate of drug-likeness (QED) is 0.213. The van der Waals surface area contributed by atoms with Gasteiger partial charge in [-0.15, -0.1) is 0 Å². The Hall–Kier alpha value is -3.62. The van der Waals surface area contributed by atoms with Crippen LogP contribution in [0.1, 0.15) is 0 Å². The summed E-state index contributed by atoms with van der Waals surface area (Å²) in [4.78, 5) is 23.8. The molecule has 0 aliphatic heterocycles. The third-order valence-electron chi connectivity index (χ3n) is 4.95. The van der Waals surface area contributed by atoms with Crippen LogP contribution in [0.25, 0.3) is 21.5 Å². The zero-order valence-corrected chi connectivity index (χ0v) is 18.9. The smallest absolute Gasteiger partial charge is 0.241 e. The highest BCUT2D eigenvalue weighted by atomic mass is 32.2. The Balaban J connectivity index is 1.42. The van der Waals surface area contributed by atoms with E-state index in [1.54, 1.807) is 17.0 Å². The third-order valence-corrected chi connectivity index (χ3v) is 6.90. The summed E-state index contributed by atoms with van der Waals surface area (Å²) in [6.45, 7) is 0. The highest BCUT2D eigenvalue weighted by Gasteiger charge is 2.20. The minimum Gasteiger partial charge on any atom is -0.280 e. The average molecular weight is 473 g/mol. The van der Waals surface area contributed by atoms with Crippen molar-refractivity contribution in [1.29, 1.82) is 0 Å². The van der Waals surface area contributed by atoms with Gasteiger partial charge in [0.05, 0.1) is 5.75 Å². The van der Waals surface area contributed by atoms with E-state index >= 15 is 0 Å². The Morgan fingerprint density at radius 3 is 2.15 bits per heavy atom. The van der Waals surface area contributed by atoms with Gasteiger partial charge in [-0.1, -0.05) is 48.2 Å². The number of rotatable bonds is 6. The number of hydrogen-bond donors (Lipinski definition) is 0. The summed E-state index contributed by atoms with van der Waals surface area (Å²) in [6, 6.07) is 25.3. The molecular formula is C25H17FN4OS2. The molecule has 2 aromatic heterocycles. The van der Waals surface area contributed by atoms with Crippen molar-refractivity contribution in [3.05, 3.63) is 97.1 Å². The number of benzene rings is 3. The predicted molar refractivity (Wildman–Crippen MR) is 131 cm³/mol. The van der Waals surface area contributed by atoms with E-state index in [9.17, 15) is 9.18 Å². The number of anilines is 2. The molecule has 3 aromatic carbocycles. The van der Waals surface area contributed by atoms with Gasteiger partial charge >= 0.3 is 0 Å². The predicted octanol–water partition coefficient (Wildman–Crippen LogP) is 6.35. The second kappa shape index (κ2) is 9.48. The summed E-state index contributed by atoms with van der Waals surface area (Å²) in [5.41, 5.74) is 3.77. The first-order chi connectivity index (χ1) is 16.2. The van der Waals surface area contributed by atoms with Gasteiger partial charge in [0.15, 0.2) is 0 Å². The lowest BCUT2D eigenvalue weighted by atomic mass is 10.1. The monoisotopic (exact) mass is 472 g/mol. The summed E-state index contributed by atoms with van der Waals surface area (Å²) < 4.78 is 18.6. The number of halogens is 1. The lowest BCUT2D eigenvalue weighted by Crippen LogP contribution is -2.27. The standard InChI is InChI=1S/C25H17FN4OS2/c26-18-13-11-17(12-14-18)22-23-24(33-29-22)25(28-16-27-23)32-15-21(31)30(19-7-3-1-4-8-19)20-9-5-2-6-10-20/h1-14,16H,15H2. The van der Waals surface area contributed by atoms with Crippen molar-refractivity contribution < 1.29 is 9.18 Å². The summed E-state index contributed by atoms with van der Waals surface area (Å²) in [7, 11) is 0.